The lowest BCUT2D eigenvalue weighted by atomic mass is 10.1. The molecule has 2 aromatic carbocycles. The Morgan fingerprint density at radius 3 is 2.77 bits per heavy atom. The van der Waals surface area contributed by atoms with Crippen LogP contribution >= 0.6 is 0 Å². The Morgan fingerprint density at radius 1 is 1.17 bits per heavy atom. The van der Waals surface area contributed by atoms with Gasteiger partial charge >= 0.3 is 0 Å². The number of halogens is 2. The van der Waals surface area contributed by atoms with Crippen LogP contribution in [0.25, 0.3) is 16.8 Å². The number of hydrogen-bond acceptors (Lipinski definition) is 4. The molecule has 1 unspecified atom stereocenters. The average molecular weight is 472 g/mol. The van der Waals surface area contributed by atoms with Gasteiger partial charge in [-0.15, -0.1) is 0 Å². The van der Waals surface area contributed by atoms with Crippen molar-refractivity contribution in [3.05, 3.63) is 84.1 Å². The van der Waals surface area contributed by atoms with Gasteiger partial charge in [-0.25, -0.2) is 13.8 Å². The molecular weight excluding hydrogens is 450 g/mol. The van der Waals surface area contributed by atoms with Crippen molar-refractivity contribution in [2.24, 2.45) is 0 Å². The molecule has 0 bridgehead atoms. The molecule has 1 amide bonds. The van der Waals surface area contributed by atoms with Crippen molar-refractivity contribution >= 4 is 11.4 Å². The first kappa shape index (κ1) is 22.5. The molecule has 0 saturated carbocycles. The molecule has 5 rings (SSSR count). The zero-order valence-corrected chi connectivity index (χ0v) is 19.0. The van der Waals surface area contributed by atoms with E-state index in [2.05, 4.69) is 16.8 Å². The van der Waals surface area contributed by atoms with Gasteiger partial charge in [0.05, 0.1) is 23.4 Å². The van der Waals surface area contributed by atoms with Crippen LogP contribution in [0.5, 0.6) is 5.75 Å². The first-order chi connectivity index (χ1) is 17.0. The van der Waals surface area contributed by atoms with Crippen LogP contribution in [0.3, 0.4) is 0 Å². The molecule has 35 heavy (non-hydrogen) atoms. The number of ether oxygens (including phenoxy) is 1. The van der Waals surface area contributed by atoms with Gasteiger partial charge in [-0.1, -0.05) is 12.0 Å². The number of amides is 1. The third-order valence-electron chi connectivity index (χ3n) is 6.03. The lowest BCUT2D eigenvalue weighted by molar-refractivity contribution is -0.126. The standard InChI is InChI=1S/C27H22F2N4O2/c1-2-4-25(34)32-13-3-5-23(32)27-31-26(24-16-30-12-14-33(24)27)19-7-9-20(10-8-19)35-17-18-6-11-21(28)22(29)15-18/h6-12,14-16,23H,3,5,13,17H2,1H3. The maximum Gasteiger partial charge on any atom is 0.299 e. The maximum atomic E-state index is 13.4. The minimum Gasteiger partial charge on any atom is -0.489 e. The van der Waals surface area contributed by atoms with Crippen molar-refractivity contribution in [1.29, 1.82) is 0 Å². The van der Waals surface area contributed by atoms with Crippen LogP contribution in [0.4, 0.5) is 8.78 Å². The number of aromatic nitrogens is 3. The number of imidazole rings is 1. The molecule has 6 nitrogen and oxygen atoms in total. The third-order valence-corrected chi connectivity index (χ3v) is 6.03. The summed E-state index contributed by atoms with van der Waals surface area (Å²) in [6.07, 6.45) is 7.01. The van der Waals surface area contributed by atoms with Crippen LogP contribution in [-0.4, -0.2) is 31.7 Å². The lowest BCUT2D eigenvalue weighted by Crippen LogP contribution is -2.30. The van der Waals surface area contributed by atoms with Crippen LogP contribution in [0.2, 0.25) is 0 Å². The van der Waals surface area contributed by atoms with E-state index in [4.69, 9.17) is 9.72 Å². The average Bonchev–Trinajstić information content (AvgIpc) is 3.50. The van der Waals surface area contributed by atoms with Crippen LogP contribution in [0.1, 0.15) is 37.2 Å². The number of nitrogens with zero attached hydrogens (tertiary/aromatic N) is 4. The third kappa shape index (κ3) is 4.45. The smallest absolute Gasteiger partial charge is 0.299 e. The van der Waals surface area contributed by atoms with Crippen molar-refractivity contribution in [2.75, 3.05) is 6.54 Å². The maximum absolute atomic E-state index is 13.4. The molecule has 0 N–H and O–H groups in total. The quantitative estimate of drug-likeness (QED) is 0.386. The second-order valence-corrected chi connectivity index (χ2v) is 8.24. The number of hydrogen-bond donors (Lipinski definition) is 0. The highest BCUT2D eigenvalue weighted by Gasteiger charge is 2.33. The summed E-state index contributed by atoms with van der Waals surface area (Å²) < 4.78 is 34.3. The minimum absolute atomic E-state index is 0.115. The number of rotatable bonds is 5. The molecule has 1 saturated heterocycles. The SMILES string of the molecule is CC#CC(=O)N1CCCC1c1nc(-c2ccc(OCc3ccc(F)c(F)c3)cc2)c2cnccn12. The largest absolute Gasteiger partial charge is 0.489 e. The van der Waals surface area contributed by atoms with E-state index in [0.29, 0.717) is 17.9 Å². The minimum atomic E-state index is -0.901. The monoisotopic (exact) mass is 472 g/mol. The summed E-state index contributed by atoms with van der Waals surface area (Å²) in [5.41, 5.74) is 2.98. The van der Waals surface area contributed by atoms with E-state index in [1.54, 1.807) is 36.4 Å². The topological polar surface area (TPSA) is 59.7 Å². The fraction of sp³-hybridized carbons (Fsp3) is 0.222. The summed E-state index contributed by atoms with van der Waals surface area (Å²) in [6.45, 7) is 2.42. The Labute approximate surface area is 201 Å². The molecule has 4 aromatic rings. The number of fused-ring (bicyclic) bond motifs is 1. The van der Waals surface area contributed by atoms with Gasteiger partial charge in [0, 0.05) is 24.5 Å². The normalized spacial score (nSPS) is 15.2. The number of carbonyl (C=O) groups is 1. The van der Waals surface area contributed by atoms with Gasteiger partial charge in [-0.05, 0) is 67.6 Å². The molecule has 3 heterocycles. The summed E-state index contributed by atoms with van der Waals surface area (Å²) in [7, 11) is 0. The highest BCUT2D eigenvalue weighted by Crippen LogP contribution is 2.35. The Bertz CT molecular complexity index is 1450. The molecule has 1 aliphatic heterocycles. The number of likely N-dealkylation sites (tertiary alicyclic amines) is 1. The van der Waals surface area contributed by atoms with Crippen molar-refractivity contribution < 1.29 is 18.3 Å². The van der Waals surface area contributed by atoms with Crippen LogP contribution in [-0.2, 0) is 11.4 Å². The second kappa shape index (κ2) is 9.55. The van der Waals surface area contributed by atoms with Gasteiger partial charge in [-0.3, -0.25) is 14.2 Å². The summed E-state index contributed by atoms with van der Waals surface area (Å²) in [5.74, 6) is 4.72. The predicted octanol–water partition coefficient (Wildman–Crippen LogP) is 4.94. The van der Waals surface area contributed by atoms with Gasteiger partial charge in [-0.2, -0.15) is 0 Å². The van der Waals surface area contributed by atoms with E-state index in [-0.39, 0.29) is 18.6 Å². The van der Waals surface area contributed by atoms with Crippen LogP contribution in [0.15, 0.2) is 61.1 Å². The molecule has 0 radical (unpaired) electrons. The second-order valence-electron chi connectivity index (χ2n) is 8.24. The molecule has 1 fully saturated rings. The zero-order valence-electron chi connectivity index (χ0n) is 19.0. The Kier molecular flexibility index (Phi) is 6.15. The van der Waals surface area contributed by atoms with Gasteiger partial charge in [0.25, 0.3) is 5.91 Å². The fourth-order valence-corrected chi connectivity index (χ4v) is 4.37. The Hall–Kier alpha value is -4.25. The van der Waals surface area contributed by atoms with E-state index in [9.17, 15) is 13.6 Å². The van der Waals surface area contributed by atoms with Gasteiger partial charge < -0.3 is 9.64 Å². The van der Waals surface area contributed by atoms with Crippen molar-refractivity contribution in [3.8, 4) is 28.8 Å². The first-order valence-electron chi connectivity index (χ1n) is 11.3. The summed E-state index contributed by atoms with van der Waals surface area (Å²) >= 11 is 0. The van der Waals surface area contributed by atoms with Crippen LogP contribution in [0, 0.1) is 23.5 Å². The van der Waals surface area contributed by atoms with Crippen LogP contribution < -0.4 is 4.74 Å². The summed E-state index contributed by atoms with van der Waals surface area (Å²) in [5, 5.41) is 0. The van der Waals surface area contributed by atoms with Crippen molar-refractivity contribution in [3.63, 3.8) is 0 Å². The molecule has 0 aliphatic carbocycles. The molecule has 1 atom stereocenters. The lowest BCUT2D eigenvalue weighted by Gasteiger charge is -2.21. The van der Waals surface area contributed by atoms with E-state index in [1.807, 2.05) is 22.7 Å². The molecule has 8 heteroatoms. The van der Waals surface area contributed by atoms with Crippen molar-refractivity contribution in [1.82, 2.24) is 19.3 Å². The fourth-order valence-electron chi connectivity index (χ4n) is 4.37. The van der Waals surface area contributed by atoms with E-state index < -0.39 is 11.6 Å². The predicted molar refractivity (Wildman–Crippen MR) is 126 cm³/mol. The highest BCUT2D eigenvalue weighted by molar-refractivity contribution is 5.94. The molecule has 176 valence electrons. The highest BCUT2D eigenvalue weighted by atomic mass is 19.2. The number of benzene rings is 2. The Morgan fingerprint density at radius 2 is 2.00 bits per heavy atom. The van der Waals surface area contributed by atoms with Gasteiger partial charge in [0.2, 0.25) is 0 Å². The number of carbonyl (C=O) groups excluding carboxylic acids is 1. The summed E-state index contributed by atoms with van der Waals surface area (Å²) in [4.78, 5) is 23.5. The van der Waals surface area contributed by atoms with E-state index in [1.165, 1.54) is 6.07 Å². The summed E-state index contributed by atoms with van der Waals surface area (Å²) in [6, 6.07) is 10.9. The molecule has 1 aliphatic rings. The van der Waals surface area contributed by atoms with Crippen molar-refractivity contribution in [2.45, 2.75) is 32.4 Å². The first-order valence-corrected chi connectivity index (χ1v) is 11.3. The molecule has 0 spiro atoms. The van der Waals surface area contributed by atoms with E-state index in [0.717, 1.165) is 47.6 Å². The molecule has 2 aromatic heterocycles. The van der Waals surface area contributed by atoms with Gasteiger partial charge in [0.15, 0.2) is 11.6 Å². The van der Waals surface area contributed by atoms with Gasteiger partial charge in [0.1, 0.15) is 18.2 Å². The Balaban J connectivity index is 1.41. The van der Waals surface area contributed by atoms with E-state index >= 15 is 0 Å². The zero-order chi connectivity index (χ0) is 24.4. The molecular formula is C27H22F2N4O2.